The van der Waals surface area contributed by atoms with Crippen molar-refractivity contribution < 1.29 is 0 Å². The lowest BCUT2D eigenvalue weighted by molar-refractivity contribution is 0.486. The van der Waals surface area contributed by atoms with Crippen LogP contribution in [0.25, 0.3) is 0 Å². The summed E-state index contributed by atoms with van der Waals surface area (Å²) in [6.45, 7) is 5.47. The summed E-state index contributed by atoms with van der Waals surface area (Å²) in [6, 6.07) is 2.91. The number of hydrogen-bond donors (Lipinski definition) is 2. The van der Waals surface area contributed by atoms with Crippen LogP contribution in [0.15, 0.2) is 37.2 Å². The maximum atomic E-state index is 11.7. The fourth-order valence-corrected chi connectivity index (χ4v) is 1.82. The lowest BCUT2D eigenvalue weighted by atomic mass is 10.2. The Morgan fingerprint density at radius 1 is 1.38 bits per heavy atom. The Balaban J connectivity index is 0.000000262. The maximum Gasteiger partial charge on any atom is 0.328 e. The van der Waals surface area contributed by atoms with Crippen molar-refractivity contribution in [1.82, 2.24) is 19.7 Å². The molecule has 0 saturated heterocycles. The van der Waals surface area contributed by atoms with Gasteiger partial charge in [-0.05, 0) is 42.3 Å². The number of aromatic amines is 2. The average Bonchev–Trinajstić information content (AvgIpc) is 2.46. The van der Waals surface area contributed by atoms with Crippen molar-refractivity contribution in [3.05, 3.63) is 59.7 Å². The van der Waals surface area contributed by atoms with E-state index in [0.717, 1.165) is 6.42 Å². The fraction of sp³-hybridized carbons (Fsp3) is 0.385. The summed E-state index contributed by atoms with van der Waals surface area (Å²) in [5.41, 5.74) is -0.201. The Morgan fingerprint density at radius 2 is 2.05 bits per heavy atom. The molecule has 2 aromatic rings. The van der Waals surface area contributed by atoms with Gasteiger partial charge in [-0.2, -0.15) is 5.10 Å². The minimum absolute atomic E-state index is 0.0804. The highest BCUT2D eigenvalue weighted by Gasteiger charge is 2.12. The Labute approximate surface area is 129 Å². The number of hydrogen-bond acceptors (Lipinski definition) is 4. The van der Waals surface area contributed by atoms with Crippen molar-refractivity contribution in [2.24, 2.45) is 0 Å². The van der Waals surface area contributed by atoms with Crippen molar-refractivity contribution in [3.63, 3.8) is 0 Å². The summed E-state index contributed by atoms with van der Waals surface area (Å²) in [7, 11) is 0. The van der Waals surface area contributed by atoms with E-state index in [0.29, 0.717) is 10.2 Å². The third-order valence-electron chi connectivity index (χ3n) is 2.86. The first-order valence-electron chi connectivity index (χ1n) is 6.39. The fourth-order valence-electron chi connectivity index (χ4n) is 1.53. The van der Waals surface area contributed by atoms with Gasteiger partial charge in [0.15, 0.2) is 0 Å². The Bertz CT molecular complexity index is 745. The summed E-state index contributed by atoms with van der Waals surface area (Å²) in [5, 5.41) is 5.67. The van der Waals surface area contributed by atoms with Crippen molar-refractivity contribution in [1.29, 1.82) is 0 Å². The van der Waals surface area contributed by atoms with Gasteiger partial charge in [0.05, 0.1) is 0 Å². The monoisotopic (exact) mass is 356 g/mol. The highest BCUT2D eigenvalue weighted by molar-refractivity contribution is 9.10. The molecule has 0 aliphatic carbocycles. The molecule has 0 aliphatic rings. The van der Waals surface area contributed by atoms with E-state index in [1.54, 1.807) is 13.0 Å². The smallest absolute Gasteiger partial charge is 0.310 e. The van der Waals surface area contributed by atoms with Crippen LogP contribution in [0.3, 0.4) is 0 Å². The molecule has 0 bridgehead atoms. The zero-order valence-corrected chi connectivity index (χ0v) is 13.6. The lowest BCUT2D eigenvalue weighted by Gasteiger charge is -2.12. The van der Waals surface area contributed by atoms with Crippen molar-refractivity contribution >= 4 is 15.9 Å². The number of aryl methyl sites for hydroxylation is 1. The predicted octanol–water partition coefficient (Wildman–Crippen LogP) is 1.35. The second kappa shape index (κ2) is 7.72. The molecule has 1 atom stereocenters. The molecule has 0 aliphatic heterocycles. The van der Waals surface area contributed by atoms with E-state index in [4.69, 9.17) is 0 Å². The van der Waals surface area contributed by atoms with Gasteiger partial charge in [-0.3, -0.25) is 14.2 Å². The van der Waals surface area contributed by atoms with Crippen LogP contribution in [0.2, 0.25) is 0 Å². The topological polar surface area (TPSA) is 101 Å². The number of halogens is 1. The molecule has 1 unspecified atom stereocenters. The molecule has 114 valence electrons. The molecule has 0 radical (unpaired) electrons. The lowest BCUT2D eigenvalue weighted by Crippen LogP contribution is -2.38. The number of nitrogens with zero attached hydrogens (tertiary/aromatic N) is 2. The standard InChI is InChI=1S/C9H13BrN2O2.C4H4N2O/c1-4-5(2)12-8(13)7(10)6(3)11-9(12)14;7-4-2-1-3-5-6-4/h5H,4H2,1-3H3,(H,11,14);1-3H,(H,6,7). The van der Waals surface area contributed by atoms with Crippen LogP contribution in [-0.2, 0) is 0 Å². The second-order valence-corrected chi connectivity index (χ2v) is 5.21. The Kier molecular flexibility index (Phi) is 6.29. The minimum atomic E-state index is -0.343. The zero-order valence-electron chi connectivity index (χ0n) is 12.0. The third kappa shape index (κ3) is 4.52. The van der Waals surface area contributed by atoms with Crippen molar-refractivity contribution in [2.45, 2.75) is 33.2 Å². The quantitative estimate of drug-likeness (QED) is 0.847. The van der Waals surface area contributed by atoms with Crippen LogP contribution >= 0.6 is 15.9 Å². The highest BCUT2D eigenvalue weighted by atomic mass is 79.9. The SMILES string of the molecule is CCC(C)n1c(=O)[nH]c(C)c(Br)c1=O.O=c1cccn[nH]1. The molecule has 21 heavy (non-hydrogen) atoms. The molecule has 2 N–H and O–H groups in total. The van der Waals surface area contributed by atoms with Gasteiger partial charge in [0.2, 0.25) is 0 Å². The number of rotatable bonds is 2. The summed E-state index contributed by atoms with van der Waals surface area (Å²) >= 11 is 3.16. The summed E-state index contributed by atoms with van der Waals surface area (Å²) in [6.07, 6.45) is 2.26. The van der Waals surface area contributed by atoms with Crippen LogP contribution in [0.4, 0.5) is 0 Å². The summed E-state index contributed by atoms with van der Waals surface area (Å²) in [5.74, 6) is 0. The van der Waals surface area contributed by atoms with Crippen molar-refractivity contribution in [2.75, 3.05) is 0 Å². The Hall–Kier alpha value is -1.96. The maximum absolute atomic E-state index is 11.7. The van der Waals surface area contributed by atoms with Crippen molar-refractivity contribution in [3.8, 4) is 0 Å². The molecule has 0 fully saturated rings. The summed E-state index contributed by atoms with van der Waals surface area (Å²) in [4.78, 5) is 36.0. The van der Waals surface area contributed by atoms with E-state index >= 15 is 0 Å². The number of H-pyrrole nitrogens is 2. The first kappa shape index (κ1) is 17.1. The Morgan fingerprint density at radius 3 is 2.48 bits per heavy atom. The van der Waals surface area contributed by atoms with Crippen LogP contribution in [-0.4, -0.2) is 19.7 Å². The molecule has 0 spiro atoms. The van der Waals surface area contributed by atoms with E-state index in [-0.39, 0.29) is 22.9 Å². The molecule has 0 aromatic carbocycles. The highest BCUT2D eigenvalue weighted by Crippen LogP contribution is 2.08. The number of nitrogens with one attached hydrogen (secondary N) is 2. The van der Waals surface area contributed by atoms with E-state index in [2.05, 4.69) is 31.1 Å². The van der Waals surface area contributed by atoms with Crippen LogP contribution in [0, 0.1) is 6.92 Å². The van der Waals surface area contributed by atoms with Gasteiger partial charge in [0.25, 0.3) is 11.1 Å². The van der Waals surface area contributed by atoms with E-state index < -0.39 is 0 Å². The van der Waals surface area contributed by atoms with E-state index in [1.165, 1.54) is 16.8 Å². The van der Waals surface area contributed by atoms with Gasteiger partial charge in [-0.25, -0.2) is 9.89 Å². The minimum Gasteiger partial charge on any atom is -0.310 e. The predicted molar refractivity (Wildman–Crippen MR) is 83.6 cm³/mol. The molecule has 2 rings (SSSR count). The van der Waals surface area contributed by atoms with Crippen LogP contribution in [0.1, 0.15) is 32.0 Å². The molecule has 2 heterocycles. The van der Waals surface area contributed by atoms with Gasteiger partial charge in [-0.15, -0.1) is 0 Å². The molecule has 8 heteroatoms. The van der Waals surface area contributed by atoms with Gasteiger partial charge in [-0.1, -0.05) is 6.92 Å². The molecule has 7 nitrogen and oxygen atoms in total. The first-order valence-corrected chi connectivity index (χ1v) is 7.18. The van der Waals surface area contributed by atoms with Gasteiger partial charge in [0, 0.05) is 24.0 Å². The molecule has 0 saturated carbocycles. The molecular weight excluding hydrogens is 340 g/mol. The summed E-state index contributed by atoms with van der Waals surface area (Å²) < 4.78 is 1.66. The molecule has 2 aromatic heterocycles. The molecule has 0 amide bonds. The zero-order chi connectivity index (χ0) is 16.0. The van der Waals surface area contributed by atoms with E-state index in [9.17, 15) is 14.4 Å². The first-order chi connectivity index (χ1) is 9.88. The van der Waals surface area contributed by atoms with Crippen LogP contribution in [0.5, 0.6) is 0 Å². The third-order valence-corrected chi connectivity index (χ3v) is 3.80. The average molecular weight is 357 g/mol. The number of aromatic nitrogens is 4. The normalized spacial score (nSPS) is 11.4. The van der Waals surface area contributed by atoms with Gasteiger partial charge >= 0.3 is 5.69 Å². The van der Waals surface area contributed by atoms with Crippen LogP contribution < -0.4 is 16.8 Å². The second-order valence-electron chi connectivity index (χ2n) is 4.41. The van der Waals surface area contributed by atoms with E-state index in [1.807, 2.05) is 13.8 Å². The largest absolute Gasteiger partial charge is 0.328 e. The van der Waals surface area contributed by atoms with Gasteiger partial charge < -0.3 is 4.98 Å². The molecular formula is C13H17BrN4O3. The van der Waals surface area contributed by atoms with Gasteiger partial charge in [0.1, 0.15) is 4.47 Å².